The fourth-order valence-electron chi connectivity index (χ4n) is 2.56. The number of carbonyl (C=O) groups is 1. The van der Waals surface area contributed by atoms with Gasteiger partial charge in [-0.1, -0.05) is 54.6 Å². The molecule has 1 heteroatoms. The average Bonchev–Trinajstić information content (AvgIpc) is 2.39. The monoisotopic (exact) mass is 222 g/mol. The van der Waals surface area contributed by atoms with Gasteiger partial charge in [-0.15, -0.1) is 0 Å². The predicted octanol–water partition coefficient (Wildman–Crippen LogP) is 3.14. The van der Waals surface area contributed by atoms with Crippen LogP contribution in [0.4, 0.5) is 0 Å². The summed E-state index contributed by atoms with van der Waals surface area (Å²) < 4.78 is 0. The Hall–Kier alpha value is -1.89. The molecule has 0 aliphatic heterocycles. The topological polar surface area (TPSA) is 17.1 Å². The molecule has 0 spiro atoms. The summed E-state index contributed by atoms with van der Waals surface area (Å²) in [6, 6.07) is 18.4. The highest BCUT2D eigenvalue weighted by Crippen LogP contribution is 2.29. The smallest absolute Gasteiger partial charge is 0.145 e. The summed E-state index contributed by atoms with van der Waals surface area (Å²) in [5, 5.41) is 0. The van der Waals surface area contributed by atoms with Gasteiger partial charge in [-0.25, -0.2) is 0 Å². The van der Waals surface area contributed by atoms with E-state index in [1.54, 1.807) is 0 Å². The second kappa shape index (κ2) is 4.17. The SMILES string of the molecule is O=C1Cc2ccccc2CC1c1ccccc1. The summed E-state index contributed by atoms with van der Waals surface area (Å²) in [6.07, 6.45) is 1.43. The maximum absolute atomic E-state index is 12.2. The Morgan fingerprint density at radius 3 is 2.24 bits per heavy atom. The van der Waals surface area contributed by atoms with E-state index in [4.69, 9.17) is 0 Å². The number of hydrogen-bond acceptors (Lipinski definition) is 1. The zero-order chi connectivity index (χ0) is 11.7. The number of hydrogen-bond donors (Lipinski definition) is 0. The van der Waals surface area contributed by atoms with Crippen LogP contribution in [-0.4, -0.2) is 5.78 Å². The van der Waals surface area contributed by atoms with E-state index in [0.717, 1.165) is 12.0 Å². The van der Waals surface area contributed by atoms with Crippen molar-refractivity contribution in [1.29, 1.82) is 0 Å². The molecule has 1 nitrogen and oxygen atoms in total. The summed E-state index contributed by atoms with van der Waals surface area (Å²) in [7, 11) is 0. The van der Waals surface area contributed by atoms with Crippen molar-refractivity contribution in [3.8, 4) is 0 Å². The maximum atomic E-state index is 12.2. The van der Waals surface area contributed by atoms with Gasteiger partial charge < -0.3 is 0 Å². The van der Waals surface area contributed by atoms with Crippen LogP contribution in [0.2, 0.25) is 0 Å². The van der Waals surface area contributed by atoms with E-state index in [1.165, 1.54) is 11.1 Å². The first-order valence-corrected chi connectivity index (χ1v) is 5.99. The summed E-state index contributed by atoms with van der Waals surface area (Å²) in [4.78, 5) is 12.2. The highest BCUT2D eigenvalue weighted by molar-refractivity contribution is 5.89. The average molecular weight is 222 g/mol. The molecular formula is C16H14O. The Balaban J connectivity index is 1.98. The maximum Gasteiger partial charge on any atom is 0.145 e. The molecule has 1 unspecified atom stereocenters. The molecule has 17 heavy (non-hydrogen) atoms. The van der Waals surface area contributed by atoms with Crippen molar-refractivity contribution in [2.24, 2.45) is 0 Å². The number of Topliss-reactive ketones (excluding diaryl/α,β-unsaturated/α-hetero) is 1. The molecule has 0 aromatic heterocycles. The van der Waals surface area contributed by atoms with Gasteiger partial charge in [-0.2, -0.15) is 0 Å². The number of ketones is 1. The fraction of sp³-hybridized carbons (Fsp3) is 0.188. The van der Waals surface area contributed by atoms with E-state index in [1.807, 2.05) is 24.3 Å². The summed E-state index contributed by atoms with van der Waals surface area (Å²) >= 11 is 0. The van der Waals surface area contributed by atoms with Gasteiger partial charge in [-0.3, -0.25) is 4.79 Å². The van der Waals surface area contributed by atoms with Crippen molar-refractivity contribution >= 4 is 5.78 Å². The molecule has 2 aromatic rings. The van der Waals surface area contributed by atoms with E-state index in [9.17, 15) is 4.79 Å². The van der Waals surface area contributed by atoms with Crippen LogP contribution in [0.15, 0.2) is 54.6 Å². The van der Waals surface area contributed by atoms with Gasteiger partial charge in [0.1, 0.15) is 5.78 Å². The van der Waals surface area contributed by atoms with Gasteiger partial charge in [0.25, 0.3) is 0 Å². The molecule has 1 atom stereocenters. The Kier molecular flexibility index (Phi) is 2.52. The van der Waals surface area contributed by atoms with Crippen molar-refractivity contribution in [3.05, 3.63) is 71.3 Å². The van der Waals surface area contributed by atoms with Crippen molar-refractivity contribution in [2.45, 2.75) is 18.8 Å². The zero-order valence-corrected chi connectivity index (χ0v) is 9.60. The number of carbonyl (C=O) groups excluding carboxylic acids is 1. The van der Waals surface area contributed by atoms with E-state index in [2.05, 4.69) is 30.3 Å². The van der Waals surface area contributed by atoms with E-state index in [0.29, 0.717) is 12.2 Å². The lowest BCUT2D eigenvalue weighted by Gasteiger charge is -2.23. The van der Waals surface area contributed by atoms with Gasteiger partial charge in [0, 0.05) is 12.3 Å². The summed E-state index contributed by atoms with van der Waals surface area (Å²) in [6.45, 7) is 0. The normalized spacial score (nSPS) is 18.8. The highest BCUT2D eigenvalue weighted by Gasteiger charge is 2.26. The van der Waals surface area contributed by atoms with E-state index in [-0.39, 0.29) is 5.92 Å². The molecule has 0 saturated heterocycles. The van der Waals surface area contributed by atoms with Crippen LogP contribution >= 0.6 is 0 Å². The number of fused-ring (bicyclic) bond motifs is 1. The van der Waals surface area contributed by atoms with Gasteiger partial charge in [0.15, 0.2) is 0 Å². The standard InChI is InChI=1S/C16H14O/c17-16-11-14-9-5-4-8-13(14)10-15(16)12-6-2-1-3-7-12/h1-9,15H,10-11H2. The second-order valence-electron chi connectivity index (χ2n) is 4.58. The van der Waals surface area contributed by atoms with Crippen LogP contribution < -0.4 is 0 Å². The van der Waals surface area contributed by atoms with Crippen molar-refractivity contribution in [1.82, 2.24) is 0 Å². The number of rotatable bonds is 1. The molecule has 0 amide bonds. The lowest BCUT2D eigenvalue weighted by Crippen LogP contribution is -2.23. The molecule has 1 aliphatic carbocycles. The minimum atomic E-state index is 0.0473. The number of benzene rings is 2. The first kappa shape index (κ1) is 10.3. The van der Waals surface area contributed by atoms with Crippen molar-refractivity contribution in [3.63, 3.8) is 0 Å². The third kappa shape index (κ3) is 1.89. The Morgan fingerprint density at radius 1 is 0.824 bits per heavy atom. The predicted molar refractivity (Wildman–Crippen MR) is 68.0 cm³/mol. The molecule has 2 aromatic carbocycles. The quantitative estimate of drug-likeness (QED) is 0.724. The van der Waals surface area contributed by atoms with Gasteiger partial charge in [0.05, 0.1) is 0 Å². The minimum absolute atomic E-state index is 0.0473. The van der Waals surface area contributed by atoms with Crippen LogP contribution in [0.3, 0.4) is 0 Å². The van der Waals surface area contributed by atoms with E-state index >= 15 is 0 Å². The first-order valence-electron chi connectivity index (χ1n) is 5.99. The van der Waals surface area contributed by atoms with Gasteiger partial charge in [-0.05, 0) is 23.1 Å². The summed E-state index contributed by atoms with van der Waals surface area (Å²) in [5.74, 6) is 0.390. The lowest BCUT2D eigenvalue weighted by atomic mass is 9.79. The van der Waals surface area contributed by atoms with Crippen molar-refractivity contribution < 1.29 is 4.79 Å². The highest BCUT2D eigenvalue weighted by atomic mass is 16.1. The van der Waals surface area contributed by atoms with Crippen LogP contribution in [0.5, 0.6) is 0 Å². The third-order valence-electron chi connectivity index (χ3n) is 3.50. The molecule has 0 saturated carbocycles. The van der Waals surface area contributed by atoms with E-state index < -0.39 is 0 Å². The molecule has 0 bridgehead atoms. The second-order valence-corrected chi connectivity index (χ2v) is 4.58. The van der Waals surface area contributed by atoms with Crippen LogP contribution in [0, 0.1) is 0 Å². The molecule has 3 rings (SSSR count). The Labute approximate surface area is 101 Å². The molecule has 0 fully saturated rings. The van der Waals surface area contributed by atoms with Crippen LogP contribution in [0.1, 0.15) is 22.6 Å². The lowest BCUT2D eigenvalue weighted by molar-refractivity contribution is -0.120. The van der Waals surface area contributed by atoms with Gasteiger partial charge in [0.2, 0.25) is 0 Å². The summed E-state index contributed by atoms with van der Waals surface area (Å²) in [5.41, 5.74) is 3.66. The molecule has 0 heterocycles. The fourth-order valence-corrected chi connectivity index (χ4v) is 2.56. The third-order valence-corrected chi connectivity index (χ3v) is 3.50. The first-order chi connectivity index (χ1) is 8.34. The Morgan fingerprint density at radius 2 is 1.47 bits per heavy atom. The largest absolute Gasteiger partial charge is 0.299 e. The molecule has 0 radical (unpaired) electrons. The minimum Gasteiger partial charge on any atom is -0.299 e. The molecule has 0 N–H and O–H groups in total. The van der Waals surface area contributed by atoms with Crippen molar-refractivity contribution in [2.75, 3.05) is 0 Å². The molecule has 84 valence electrons. The Bertz CT molecular complexity index is 542. The van der Waals surface area contributed by atoms with Crippen LogP contribution in [0.25, 0.3) is 0 Å². The van der Waals surface area contributed by atoms with Gasteiger partial charge >= 0.3 is 0 Å². The van der Waals surface area contributed by atoms with Crippen LogP contribution in [-0.2, 0) is 17.6 Å². The molecular weight excluding hydrogens is 208 g/mol. The zero-order valence-electron chi connectivity index (χ0n) is 9.60. The molecule has 1 aliphatic rings.